The molecule has 4 rings (SSSR count). The summed E-state index contributed by atoms with van der Waals surface area (Å²) in [5.41, 5.74) is 5.75. The quantitative estimate of drug-likeness (QED) is 0.633. The highest BCUT2D eigenvalue weighted by molar-refractivity contribution is 6.42. The highest BCUT2D eigenvalue weighted by Crippen LogP contribution is 2.35. The lowest BCUT2D eigenvalue weighted by molar-refractivity contribution is -0.133. The molecule has 0 saturated carbocycles. The highest BCUT2D eigenvalue weighted by atomic mass is 16.2. The number of nitrogens with one attached hydrogen (secondary N) is 1. The first-order valence-corrected chi connectivity index (χ1v) is 6.43. The Labute approximate surface area is 116 Å². The Morgan fingerprint density at radius 2 is 1.35 bits per heavy atom. The molecule has 3 heteroatoms. The van der Waals surface area contributed by atoms with Gasteiger partial charge in [-0.2, -0.15) is 0 Å². The molecule has 0 radical (unpaired) electrons. The fourth-order valence-corrected chi connectivity index (χ4v) is 2.42. The van der Waals surface area contributed by atoms with Gasteiger partial charge in [-0.05, 0) is 28.7 Å². The average Bonchev–Trinajstić information content (AvgIpc) is 3.03. The maximum Gasteiger partial charge on any atom is 0.295 e. The minimum atomic E-state index is -0.542. The van der Waals surface area contributed by atoms with Gasteiger partial charge in [-0.15, -0.1) is 0 Å². The van der Waals surface area contributed by atoms with Crippen molar-refractivity contribution in [3.63, 3.8) is 0 Å². The van der Waals surface area contributed by atoms with Crippen LogP contribution in [0.5, 0.6) is 0 Å². The molecule has 0 fully saturated rings. The number of hydrogen-bond donors (Lipinski definition) is 1. The summed E-state index contributed by atoms with van der Waals surface area (Å²) in [5, 5.41) is 2.20. The van der Waals surface area contributed by atoms with Crippen LogP contribution in [0.15, 0.2) is 60.8 Å². The maximum atomic E-state index is 10.1. The second kappa shape index (κ2) is 5.13. The third kappa shape index (κ3) is 2.26. The summed E-state index contributed by atoms with van der Waals surface area (Å²) in [6, 6.07) is 17.3. The molecule has 1 N–H and O–H groups in total. The summed E-state index contributed by atoms with van der Waals surface area (Å²) >= 11 is 0. The number of fused-ring (bicyclic) bond motifs is 3. The molecule has 3 nitrogen and oxygen atoms in total. The van der Waals surface area contributed by atoms with Gasteiger partial charge in [-0.1, -0.05) is 48.5 Å². The summed E-state index contributed by atoms with van der Waals surface area (Å²) in [6.07, 6.45) is 3.62. The fraction of sp³-hybridized carbons (Fsp3) is 0.0588. The van der Waals surface area contributed by atoms with Crippen molar-refractivity contribution in [1.82, 2.24) is 5.32 Å². The van der Waals surface area contributed by atoms with Crippen LogP contribution in [-0.2, 0) is 16.0 Å². The summed E-state index contributed by atoms with van der Waals surface area (Å²) < 4.78 is 0. The van der Waals surface area contributed by atoms with Crippen LogP contribution >= 0.6 is 0 Å². The smallest absolute Gasteiger partial charge is 0.295 e. The molecule has 0 saturated heterocycles. The van der Waals surface area contributed by atoms with E-state index < -0.39 is 11.7 Å². The minimum Gasteiger partial charge on any atom is -0.326 e. The molecule has 2 aliphatic rings. The number of benzene rings is 2. The Morgan fingerprint density at radius 1 is 0.800 bits per heavy atom. The fourth-order valence-electron chi connectivity index (χ4n) is 2.42. The average molecular weight is 263 g/mol. The molecular weight excluding hydrogens is 250 g/mol. The van der Waals surface area contributed by atoms with Crippen LogP contribution in [0.2, 0.25) is 0 Å². The largest absolute Gasteiger partial charge is 0.326 e. The predicted octanol–water partition coefficient (Wildman–Crippen LogP) is 2.46. The van der Waals surface area contributed by atoms with E-state index in [4.69, 9.17) is 0 Å². The van der Waals surface area contributed by atoms with E-state index in [0.29, 0.717) is 0 Å². The maximum absolute atomic E-state index is 10.1. The third-order valence-corrected chi connectivity index (χ3v) is 3.38. The van der Waals surface area contributed by atoms with Crippen LogP contribution in [0.25, 0.3) is 11.1 Å². The van der Waals surface area contributed by atoms with Crippen LogP contribution in [0.3, 0.4) is 0 Å². The Balaban J connectivity index is 0.000000147. The van der Waals surface area contributed by atoms with Gasteiger partial charge in [0.2, 0.25) is 5.78 Å². The Morgan fingerprint density at radius 3 is 1.75 bits per heavy atom. The van der Waals surface area contributed by atoms with Crippen molar-refractivity contribution in [2.24, 2.45) is 0 Å². The number of ketones is 1. The molecular formula is C17H13NO2. The number of carbonyl (C=O) groups is 2. The lowest BCUT2D eigenvalue weighted by Crippen LogP contribution is -2.17. The van der Waals surface area contributed by atoms with Crippen LogP contribution in [-0.4, -0.2) is 11.7 Å². The molecule has 1 heterocycles. The standard InChI is InChI=1S/C13H10.C4H3NO2/c1-3-7-12-10(5-1)9-11-6-2-4-8-13(11)12;6-3-1-2-5-4(3)7/h1-8H,9H2;1-2H,(H,5,6,7). The number of hydrogen-bond acceptors (Lipinski definition) is 2. The second-order valence-electron chi connectivity index (χ2n) is 4.66. The van der Waals surface area contributed by atoms with Gasteiger partial charge >= 0.3 is 0 Å². The molecule has 98 valence electrons. The zero-order valence-electron chi connectivity index (χ0n) is 10.8. The van der Waals surface area contributed by atoms with Crippen molar-refractivity contribution >= 4 is 11.7 Å². The first-order valence-electron chi connectivity index (χ1n) is 6.43. The van der Waals surface area contributed by atoms with Crippen molar-refractivity contribution in [1.29, 1.82) is 0 Å². The summed E-state index contributed by atoms with van der Waals surface area (Å²) in [5.74, 6) is -1.01. The SMILES string of the molecule is O=C1C=CNC1=O.c1ccc2c(c1)Cc1ccccc1-2. The van der Waals surface area contributed by atoms with E-state index in [9.17, 15) is 9.59 Å². The number of carbonyl (C=O) groups excluding carboxylic acids is 2. The molecule has 0 bridgehead atoms. The van der Waals surface area contributed by atoms with Crippen LogP contribution in [0.1, 0.15) is 11.1 Å². The van der Waals surface area contributed by atoms with Gasteiger partial charge in [0.15, 0.2) is 0 Å². The Hall–Kier alpha value is -2.68. The molecule has 0 atom stereocenters. The summed E-state index contributed by atoms with van der Waals surface area (Å²) in [6.45, 7) is 0. The first kappa shape index (κ1) is 12.4. The van der Waals surface area contributed by atoms with Crippen LogP contribution in [0.4, 0.5) is 0 Å². The van der Waals surface area contributed by atoms with E-state index in [0.717, 1.165) is 6.42 Å². The van der Waals surface area contributed by atoms with E-state index in [-0.39, 0.29) is 0 Å². The van der Waals surface area contributed by atoms with Crippen molar-refractivity contribution in [2.45, 2.75) is 6.42 Å². The molecule has 2 aromatic carbocycles. The third-order valence-electron chi connectivity index (χ3n) is 3.38. The molecule has 1 aliphatic carbocycles. The van der Waals surface area contributed by atoms with Gasteiger partial charge in [0.1, 0.15) is 0 Å². The summed E-state index contributed by atoms with van der Waals surface area (Å²) in [4.78, 5) is 20.1. The second-order valence-corrected chi connectivity index (χ2v) is 4.66. The lowest BCUT2D eigenvalue weighted by Gasteiger charge is -1.98. The predicted molar refractivity (Wildman–Crippen MR) is 77.0 cm³/mol. The van der Waals surface area contributed by atoms with E-state index in [2.05, 4.69) is 53.8 Å². The molecule has 1 amide bonds. The Kier molecular flexibility index (Phi) is 3.17. The number of rotatable bonds is 0. The molecule has 2 aromatic rings. The van der Waals surface area contributed by atoms with E-state index in [1.54, 1.807) is 0 Å². The lowest BCUT2D eigenvalue weighted by atomic mass is 10.1. The van der Waals surface area contributed by atoms with E-state index in [1.165, 1.54) is 34.5 Å². The van der Waals surface area contributed by atoms with Gasteiger partial charge < -0.3 is 5.32 Å². The monoisotopic (exact) mass is 263 g/mol. The Bertz CT molecular complexity index is 673. The van der Waals surface area contributed by atoms with Crippen molar-refractivity contribution < 1.29 is 9.59 Å². The molecule has 20 heavy (non-hydrogen) atoms. The molecule has 0 aromatic heterocycles. The highest BCUT2D eigenvalue weighted by Gasteiger charge is 2.15. The van der Waals surface area contributed by atoms with Gasteiger partial charge in [-0.3, -0.25) is 9.59 Å². The van der Waals surface area contributed by atoms with Crippen molar-refractivity contribution in [3.05, 3.63) is 71.9 Å². The van der Waals surface area contributed by atoms with Gasteiger partial charge in [-0.25, -0.2) is 0 Å². The normalized spacial score (nSPS) is 14.2. The zero-order valence-corrected chi connectivity index (χ0v) is 10.8. The van der Waals surface area contributed by atoms with Crippen molar-refractivity contribution in [2.75, 3.05) is 0 Å². The first-order chi connectivity index (χ1) is 9.75. The topological polar surface area (TPSA) is 46.2 Å². The van der Waals surface area contributed by atoms with Gasteiger partial charge in [0.05, 0.1) is 0 Å². The summed E-state index contributed by atoms with van der Waals surface area (Å²) in [7, 11) is 0. The molecule has 1 aliphatic heterocycles. The number of amides is 1. The zero-order chi connectivity index (χ0) is 13.9. The van der Waals surface area contributed by atoms with E-state index in [1.807, 2.05) is 0 Å². The molecule has 0 spiro atoms. The van der Waals surface area contributed by atoms with Gasteiger partial charge in [0.25, 0.3) is 5.91 Å². The van der Waals surface area contributed by atoms with E-state index >= 15 is 0 Å². The van der Waals surface area contributed by atoms with Gasteiger partial charge in [0, 0.05) is 12.3 Å². The minimum absolute atomic E-state index is 0.472. The van der Waals surface area contributed by atoms with Crippen LogP contribution in [0, 0.1) is 0 Å². The molecule has 0 unspecified atom stereocenters. The van der Waals surface area contributed by atoms with Crippen molar-refractivity contribution in [3.8, 4) is 11.1 Å². The van der Waals surface area contributed by atoms with Crippen LogP contribution < -0.4 is 5.32 Å².